The Morgan fingerprint density at radius 2 is 1.92 bits per heavy atom. The Hall–Kier alpha value is -1.98. The smallest absolute Gasteiger partial charge is 0.246 e. The van der Waals surface area contributed by atoms with Gasteiger partial charge in [0.2, 0.25) is 5.91 Å². The molecule has 1 aromatic heterocycles. The molecule has 0 unspecified atom stereocenters. The number of carbonyl (C=O) groups is 1. The van der Waals surface area contributed by atoms with Crippen LogP contribution in [0.3, 0.4) is 0 Å². The SMILES string of the molecule is C[C@H](c1nc2ccccc2s1)N(C)C(=O)/C=C/c1ccccc1Br. The highest BCUT2D eigenvalue weighted by atomic mass is 79.9. The fourth-order valence-corrected chi connectivity index (χ4v) is 3.79. The minimum absolute atomic E-state index is 0.0440. The highest BCUT2D eigenvalue weighted by Crippen LogP contribution is 2.29. The molecular formula is C19H17BrN2OS. The zero-order chi connectivity index (χ0) is 17.1. The molecule has 3 nitrogen and oxygen atoms in total. The quantitative estimate of drug-likeness (QED) is 0.557. The van der Waals surface area contributed by atoms with Crippen molar-refractivity contribution >= 4 is 49.5 Å². The van der Waals surface area contributed by atoms with Crippen molar-refractivity contribution < 1.29 is 4.79 Å². The first kappa shape index (κ1) is 16.9. The van der Waals surface area contributed by atoms with E-state index in [0.717, 1.165) is 25.3 Å². The maximum Gasteiger partial charge on any atom is 0.246 e. The molecule has 0 radical (unpaired) electrons. The number of hydrogen-bond acceptors (Lipinski definition) is 3. The summed E-state index contributed by atoms with van der Waals surface area (Å²) in [7, 11) is 1.81. The molecule has 24 heavy (non-hydrogen) atoms. The van der Waals surface area contributed by atoms with Gasteiger partial charge < -0.3 is 4.90 Å². The van der Waals surface area contributed by atoms with Gasteiger partial charge in [-0.1, -0.05) is 46.3 Å². The van der Waals surface area contributed by atoms with Crippen molar-refractivity contribution in [1.29, 1.82) is 0 Å². The maximum atomic E-state index is 12.5. The number of carbonyl (C=O) groups excluding carboxylic acids is 1. The number of fused-ring (bicyclic) bond motifs is 1. The van der Waals surface area contributed by atoms with E-state index in [0.29, 0.717) is 0 Å². The van der Waals surface area contributed by atoms with Crippen LogP contribution >= 0.6 is 27.3 Å². The molecular weight excluding hydrogens is 384 g/mol. The van der Waals surface area contributed by atoms with E-state index in [1.54, 1.807) is 22.3 Å². The molecule has 0 aliphatic rings. The van der Waals surface area contributed by atoms with Crippen LogP contribution in [-0.4, -0.2) is 22.8 Å². The van der Waals surface area contributed by atoms with Crippen LogP contribution in [0.25, 0.3) is 16.3 Å². The summed E-state index contributed by atoms with van der Waals surface area (Å²) in [6, 6.07) is 15.8. The number of benzene rings is 2. The van der Waals surface area contributed by atoms with Crippen molar-refractivity contribution in [3.05, 3.63) is 69.7 Å². The van der Waals surface area contributed by atoms with Crippen LogP contribution in [0, 0.1) is 0 Å². The largest absolute Gasteiger partial charge is 0.333 e. The molecule has 2 aromatic carbocycles. The topological polar surface area (TPSA) is 33.2 Å². The molecule has 0 spiro atoms. The number of hydrogen-bond donors (Lipinski definition) is 0. The summed E-state index contributed by atoms with van der Waals surface area (Å²) in [5.74, 6) is -0.0440. The Kier molecular flexibility index (Phi) is 5.11. The van der Waals surface area contributed by atoms with Crippen molar-refractivity contribution in [2.45, 2.75) is 13.0 Å². The van der Waals surface area contributed by atoms with Gasteiger partial charge in [0.15, 0.2) is 0 Å². The summed E-state index contributed by atoms with van der Waals surface area (Å²) in [5.41, 5.74) is 1.96. The molecule has 0 N–H and O–H groups in total. The van der Waals surface area contributed by atoms with Crippen LogP contribution in [-0.2, 0) is 4.79 Å². The summed E-state index contributed by atoms with van der Waals surface area (Å²) in [6.45, 7) is 2.00. The molecule has 0 bridgehead atoms. The second kappa shape index (κ2) is 7.28. The molecule has 0 aliphatic carbocycles. The number of rotatable bonds is 4. The first-order chi connectivity index (χ1) is 11.6. The summed E-state index contributed by atoms with van der Waals surface area (Å²) in [4.78, 5) is 18.8. The van der Waals surface area contributed by atoms with Gasteiger partial charge >= 0.3 is 0 Å². The van der Waals surface area contributed by atoms with Gasteiger partial charge in [-0.2, -0.15) is 0 Å². The van der Waals surface area contributed by atoms with Crippen molar-refractivity contribution in [3.8, 4) is 0 Å². The van der Waals surface area contributed by atoms with E-state index in [1.165, 1.54) is 0 Å². The van der Waals surface area contributed by atoms with Crippen LogP contribution < -0.4 is 0 Å². The van der Waals surface area contributed by atoms with Crippen LogP contribution in [0.15, 0.2) is 59.1 Å². The Labute approximate surface area is 153 Å². The van der Waals surface area contributed by atoms with Gasteiger partial charge in [0, 0.05) is 17.6 Å². The Bertz CT molecular complexity index is 870. The first-order valence-electron chi connectivity index (χ1n) is 7.61. The molecule has 0 fully saturated rings. The van der Waals surface area contributed by atoms with E-state index < -0.39 is 0 Å². The van der Waals surface area contributed by atoms with E-state index in [-0.39, 0.29) is 11.9 Å². The highest BCUT2D eigenvalue weighted by molar-refractivity contribution is 9.10. The lowest BCUT2D eigenvalue weighted by molar-refractivity contribution is -0.126. The van der Waals surface area contributed by atoms with E-state index in [1.807, 2.05) is 62.5 Å². The van der Waals surface area contributed by atoms with Gasteiger partial charge in [-0.3, -0.25) is 4.79 Å². The van der Waals surface area contributed by atoms with Gasteiger partial charge in [-0.15, -0.1) is 11.3 Å². The minimum Gasteiger partial charge on any atom is -0.333 e. The highest BCUT2D eigenvalue weighted by Gasteiger charge is 2.19. The molecule has 5 heteroatoms. The van der Waals surface area contributed by atoms with Crippen LogP contribution in [0.2, 0.25) is 0 Å². The normalized spacial score (nSPS) is 12.6. The molecule has 122 valence electrons. The summed E-state index contributed by atoms with van der Waals surface area (Å²) >= 11 is 5.12. The van der Waals surface area contributed by atoms with E-state index in [2.05, 4.69) is 27.0 Å². The van der Waals surface area contributed by atoms with Crippen molar-refractivity contribution in [1.82, 2.24) is 9.88 Å². The van der Waals surface area contributed by atoms with Gasteiger partial charge in [-0.25, -0.2) is 4.98 Å². The fraction of sp³-hybridized carbons (Fsp3) is 0.158. The van der Waals surface area contributed by atoms with Crippen molar-refractivity contribution in [3.63, 3.8) is 0 Å². The standard InChI is InChI=1S/C19H17BrN2OS/c1-13(19-21-16-9-5-6-10-17(16)24-19)22(2)18(23)12-11-14-7-3-4-8-15(14)20/h3-13H,1-2H3/b12-11+/t13-/m1/s1. The molecule has 1 atom stereocenters. The predicted molar refractivity (Wildman–Crippen MR) is 104 cm³/mol. The Morgan fingerprint density at radius 3 is 2.67 bits per heavy atom. The number of aromatic nitrogens is 1. The summed E-state index contributed by atoms with van der Waals surface area (Å²) < 4.78 is 2.11. The average molecular weight is 401 g/mol. The minimum atomic E-state index is -0.0706. The van der Waals surface area contributed by atoms with E-state index in [4.69, 9.17) is 0 Å². The number of nitrogens with zero attached hydrogens (tertiary/aromatic N) is 2. The third-order valence-electron chi connectivity index (χ3n) is 3.91. The van der Waals surface area contributed by atoms with E-state index >= 15 is 0 Å². The second-order valence-electron chi connectivity index (χ2n) is 5.50. The first-order valence-corrected chi connectivity index (χ1v) is 9.22. The summed E-state index contributed by atoms with van der Waals surface area (Å²) in [6.07, 6.45) is 3.43. The van der Waals surface area contributed by atoms with Gasteiger partial charge in [0.1, 0.15) is 5.01 Å². The predicted octanol–water partition coefficient (Wildman–Crippen LogP) is 5.29. The lowest BCUT2D eigenvalue weighted by atomic mass is 10.2. The number of amides is 1. The third kappa shape index (κ3) is 3.57. The number of thiazole rings is 1. The van der Waals surface area contributed by atoms with Crippen molar-refractivity contribution in [2.24, 2.45) is 0 Å². The monoisotopic (exact) mass is 400 g/mol. The van der Waals surface area contributed by atoms with Gasteiger partial charge in [0.05, 0.1) is 16.3 Å². The molecule has 0 aliphatic heterocycles. The van der Waals surface area contributed by atoms with E-state index in [9.17, 15) is 4.79 Å². The summed E-state index contributed by atoms with van der Waals surface area (Å²) in [5, 5.41) is 0.946. The molecule has 0 saturated heterocycles. The fourth-order valence-electron chi connectivity index (χ4n) is 2.31. The van der Waals surface area contributed by atoms with Gasteiger partial charge in [0.25, 0.3) is 0 Å². The van der Waals surface area contributed by atoms with Crippen LogP contribution in [0.5, 0.6) is 0 Å². The molecule has 0 saturated carbocycles. The lowest BCUT2D eigenvalue weighted by Crippen LogP contribution is -2.27. The molecule has 3 aromatic rings. The molecule has 1 amide bonds. The average Bonchev–Trinajstić information content (AvgIpc) is 3.03. The van der Waals surface area contributed by atoms with Crippen molar-refractivity contribution in [2.75, 3.05) is 7.05 Å². The second-order valence-corrected chi connectivity index (χ2v) is 7.42. The lowest BCUT2D eigenvalue weighted by Gasteiger charge is -2.21. The number of halogens is 1. The number of likely N-dealkylation sites (N-methyl/N-ethyl adjacent to an activating group) is 1. The third-order valence-corrected chi connectivity index (χ3v) is 5.84. The van der Waals surface area contributed by atoms with Crippen LogP contribution in [0.4, 0.5) is 0 Å². The van der Waals surface area contributed by atoms with Crippen LogP contribution in [0.1, 0.15) is 23.5 Å². The number of para-hydroxylation sites is 1. The molecule has 3 rings (SSSR count). The molecule has 1 heterocycles. The maximum absolute atomic E-state index is 12.5. The Balaban J connectivity index is 1.76. The van der Waals surface area contributed by atoms with Gasteiger partial charge in [-0.05, 0) is 36.8 Å². The zero-order valence-corrected chi connectivity index (χ0v) is 15.8. The zero-order valence-electron chi connectivity index (χ0n) is 13.4. The Morgan fingerprint density at radius 1 is 1.21 bits per heavy atom.